The van der Waals surface area contributed by atoms with Crippen molar-refractivity contribution in [2.45, 2.75) is 9.79 Å². The Morgan fingerprint density at radius 1 is 0.882 bits per heavy atom. The van der Waals surface area contributed by atoms with Gasteiger partial charge >= 0.3 is 0 Å². The fraction of sp³-hybridized carbons (Fsp3) is 0.143. The van der Waals surface area contributed by atoms with Gasteiger partial charge in [-0.05, 0) is 64.4 Å². The molecule has 0 fully saturated rings. The Morgan fingerprint density at radius 2 is 1.65 bits per heavy atom. The Hall–Kier alpha value is -0.130. The zero-order valence-electron chi connectivity index (χ0n) is 9.74. The van der Waals surface area contributed by atoms with Gasteiger partial charge < -0.3 is 0 Å². The Kier molecular flexibility index (Phi) is 4.82. The van der Waals surface area contributed by atoms with E-state index in [9.17, 15) is 0 Å². The van der Waals surface area contributed by atoms with Gasteiger partial charge in [0.05, 0.1) is 0 Å². The van der Waals surface area contributed by atoms with Gasteiger partial charge in [0.2, 0.25) is 0 Å². The fourth-order valence-electron chi connectivity index (χ4n) is 1.70. The van der Waals surface area contributed by atoms with Gasteiger partial charge in [0, 0.05) is 13.4 Å². The second-order valence-electron chi connectivity index (χ2n) is 3.55. The zero-order chi connectivity index (χ0) is 12.3. The van der Waals surface area contributed by atoms with Crippen molar-refractivity contribution in [1.29, 1.82) is 0 Å². The summed E-state index contributed by atoms with van der Waals surface area (Å²) in [7, 11) is 0. The SMILES string of the molecule is CSc1ccc(-c2ccccc2I)c(SC)c1. The molecule has 0 aliphatic carbocycles. The molecule has 0 aliphatic heterocycles. The average Bonchev–Trinajstić information content (AvgIpc) is 2.38. The lowest BCUT2D eigenvalue weighted by Crippen LogP contribution is -1.86. The van der Waals surface area contributed by atoms with Gasteiger partial charge in [0.1, 0.15) is 0 Å². The summed E-state index contributed by atoms with van der Waals surface area (Å²) in [6, 6.07) is 15.2. The molecule has 0 spiro atoms. The van der Waals surface area contributed by atoms with Crippen LogP contribution in [0, 0.1) is 3.57 Å². The molecule has 88 valence electrons. The molecule has 0 amide bonds. The molecule has 0 heterocycles. The minimum absolute atomic E-state index is 1.30. The second-order valence-corrected chi connectivity index (χ2v) is 6.44. The van der Waals surface area contributed by atoms with E-state index in [-0.39, 0.29) is 0 Å². The minimum Gasteiger partial charge on any atom is -0.130 e. The number of thioether (sulfide) groups is 2. The lowest BCUT2D eigenvalue weighted by molar-refractivity contribution is 1.33. The Morgan fingerprint density at radius 3 is 2.29 bits per heavy atom. The predicted molar refractivity (Wildman–Crippen MR) is 88.2 cm³/mol. The lowest BCUT2D eigenvalue weighted by atomic mass is 10.1. The van der Waals surface area contributed by atoms with Crippen molar-refractivity contribution >= 4 is 46.1 Å². The van der Waals surface area contributed by atoms with Gasteiger partial charge in [-0.15, -0.1) is 23.5 Å². The molecular formula is C14H13IS2. The van der Waals surface area contributed by atoms with Gasteiger partial charge in [0.25, 0.3) is 0 Å². The van der Waals surface area contributed by atoms with Crippen LogP contribution in [0.4, 0.5) is 0 Å². The largest absolute Gasteiger partial charge is 0.130 e. The van der Waals surface area contributed by atoms with Gasteiger partial charge in [-0.1, -0.05) is 24.3 Å². The van der Waals surface area contributed by atoms with Crippen LogP contribution < -0.4 is 0 Å². The summed E-state index contributed by atoms with van der Waals surface area (Å²) >= 11 is 6.00. The third-order valence-electron chi connectivity index (χ3n) is 2.57. The van der Waals surface area contributed by atoms with E-state index in [1.54, 1.807) is 11.8 Å². The molecule has 0 unspecified atom stereocenters. The van der Waals surface area contributed by atoms with Crippen LogP contribution in [-0.4, -0.2) is 12.5 Å². The lowest BCUT2D eigenvalue weighted by Gasteiger charge is -2.10. The molecule has 2 aromatic carbocycles. The second kappa shape index (κ2) is 6.16. The summed E-state index contributed by atoms with van der Waals surface area (Å²) < 4.78 is 1.30. The molecule has 0 N–H and O–H groups in total. The van der Waals surface area contributed by atoms with Crippen LogP contribution in [0.25, 0.3) is 11.1 Å². The maximum atomic E-state index is 2.40. The molecule has 17 heavy (non-hydrogen) atoms. The number of hydrogen-bond acceptors (Lipinski definition) is 2. The van der Waals surface area contributed by atoms with Crippen LogP contribution in [-0.2, 0) is 0 Å². The molecule has 0 saturated heterocycles. The van der Waals surface area contributed by atoms with Crippen LogP contribution in [0.5, 0.6) is 0 Å². The molecule has 0 radical (unpaired) electrons. The highest BCUT2D eigenvalue weighted by molar-refractivity contribution is 14.1. The summed E-state index contributed by atoms with van der Waals surface area (Å²) in [5.74, 6) is 0. The Bertz CT molecular complexity index is 523. The number of benzene rings is 2. The van der Waals surface area contributed by atoms with Crippen molar-refractivity contribution in [1.82, 2.24) is 0 Å². The molecule has 2 rings (SSSR count). The van der Waals surface area contributed by atoms with E-state index >= 15 is 0 Å². The highest BCUT2D eigenvalue weighted by Gasteiger charge is 2.08. The summed E-state index contributed by atoms with van der Waals surface area (Å²) in [6.07, 6.45) is 4.25. The minimum atomic E-state index is 1.30. The fourth-order valence-corrected chi connectivity index (χ4v) is 3.54. The van der Waals surface area contributed by atoms with Crippen LogP contribution in [0.3, 0.4) is 0 Å². The highest BCUT2D eigenvalue weighted by atomic mass is 127. The number of rotatable bonds is 3. The molecule has 3 heteroatoms. The first-order chi connectivity index (χ1) is 8.26. The topological polar surface area (TPSA) is 0 Å². The Balaban J connectivity index is 2.56. The molecule has 2 aromatic rings. The Labute approximate surface area is 125 Å². The van der Waals surface area contributed by atoms with E-state index in [4.69, 9.17) is 0 Å². The van der Waals surface area contributed by atoms with Gasteiger partial charge in [-0.25, -0.2) is 0 Å². The van der Waals surface area contributed by atoms with Crippen molar-refractivity contribution < 1.29 is 0 Å². The van der Waals surface area contributed by atoms with Gasteiger partial charge in [-0.2, -0.15) is 0 Å². The van der Waals surface area contributed by atoms with Crippen molar-refractivity contribution in [2.75, 3.05) is 12.5 Å². The first-order valence-electron chi connectivity index (χ1n) is 5.23. The highest BCUT2D eigenvalue weighted by Crippen LogP contribution is 2.35. The summed E-state index contributed by atoms with van der Waals surface area (Å²) in [4.78, 5) is 2.67. The molecule has 0 atom stereocenters. The number of hydrogen-bond donors (Lipinski definition) is 0. The molecule has 0 nitrogen and oxygen atoms in total. The standard InChI is InChI=1S/C14H13IS2/c1-16-10-7-8-12(14(9-10)17-2)11-5-3-4-6-13(11)15/h3-9H,1-2H3. The monoisotopic (exact) mass is 372 g/mol. The van der Waals surface area contributed by atoms with Gasteiger partial charge in [0.15, 0.2) is 0 Å². The molecule has 0 saturated carbocycles. The van der Waals surface area contributed by atoms with Crippen LogP contribution in [0.2, 0.25) is 0 Å². The van der Waals surface area contributed by atoms with Crippen LogP contribution in [0.1, 0.15) is 0 Å². The van der Waals surface area contributed by atoms with E-state index in [1.807, 2.05) is 11.8 Å². The first kappa shape index (κ1) is 13.3. The molecule has 0 aromatic heterocycles. The van der Waals surface area contributed by atoms with E-state index < -0.39 is 0 Å². The van der Waals surface area contributed by atoms with Crippen molar-refractivity contribution in [3.63, 3.8) is 0 Å². The molecule has 0 aliphatic rings. The normalized spacial score (nSPS) is 10.5. The van der Waals surface area contributed by atoms with E-state index in [1.165, 1.54) is 24.5 Å². The van der Waals surface area contributed by atoms with Crippen molar-refractivity contribution in [3.8, 4) is 11.1 Å². The average molecular weight is 372 g/mol. The third kappa shape index (κ3) is 3.01. The molecular weight excluding hydrogens is 359 g/mol. The van der Waals surface area contributed by atoms with Crippen LogP contribution in [0.15, 0.2) is 52.3 Å². The maximum absolute atomic E-state index is 2.40. The summed E-state index contributed by atoms with van der Waals surface area (Å²) in [5.41, 5.74) is 2.66. The van der Waals surface area contributed by atoms with Crippen LogP contribution >= 0.6 is 46.1 Å². The smallest absolute Gasteiger partial charge is 0.0209 e. The van der Waals surface area contributed by atoms with Crippen molar-refractivity contribution in [2.24, 2.45) is 0 Å². The third-order valence-corrected chi connectivity index (χ3v) is 5.02. The maximum Gasteiger partial charge on any atom is 0.0209 e. The molecule has 0 bridgehead atoms. The zero-order valence-corrected chi connectivity index (χ0v) is 13.5. The first-order valence-corrected chi connectivity index (χ1v) is 8.76. The summed E-state index contributed by atoms with van der Waals surface area (Å²) in [5, 5.41) is 0. The summed E-state index contributed by atoms with van der Waals surface area (Å²) in [6.45, 7) is 0. The van der Waals surface area contributed by atoms with E-state index in [0.29, 0.717) is 0 Å². The van der Waals surface area contributed by atoms with Crippen molar-refractivity contribution in [3.05, 3.63) is 46.0 Å². The number of halogens is 1. The predicted octanol–water partition coefficient (Wildman–Crippen LogP) is 5.40. The quantitative estimate of drug-likeness (QED) is 0.523. The van der Waals surface area contributed by atoms with E-state index in [0.717, 1.165) is 0 Å². The van der Waals surface area contributed by atoms with E-state index in [2.05, 4.69) is 77.6 Å². The van der Waals surface area contributed by atoms with Gasteiger partial charge in [-0.3, -0.25) is 0 Å².